The molecule has 24 heavy (non-hydrogen) atoms. The number of para-hydroxylation sites is 1. The number of fused-ring (bicyclic) bond motifs is 1. The number of esters is 1. The number of aromatic nitrogens is 1. The van der Waals surface area contributed by atoms with Crippen LogP contribution in [0.5, 0.6) is 0 Å². The van der Waals surface area contributed by atoms with Crippen LogP contribution in [0, 0.1) is 5.82 Å². The molecule has 1 aromatic heterocycles. The predicted octanol–water partition coefficient (Wildman–Crippen LogP) is 5.06. The van der Waals surface area contributed by atoms with Crippen molar-refractivity contribution in [1.29, 1.82) is 0 Å². The van der Waals surface area contributed by atoms with Gasteiger partial charge in [-0.25, -0.2) is 9.18 Å². The Balaban J connectivity index is 2.21. The smallest absolute Gasteiger partial charge is 0.341 e. The SMILES string of the molecule is CCOC(=O)c1cnc2cc(F)c(Br)cc2c1Nc1ccccc1. The Labute approximate surface area is 146 Å². The van der Waals surface area contributed by atoms with Crippen LogP contribution in [0.15, 0.2) is 53.1 Å². The van der Waals surface area contributed by atoms with Crippen molar-refractivity contribution < 1.29 is 13.9 Å². The molecule has 0 saturated heterocycles. The average Bonchev–Trinajstić information content (AvgIpc) is 2.58. The quantitative estimate of drug-likeness (QED) is 0.634. The van der Waals surface area contributed by atoms with Crippen molar-refractivity contribution in [2.45, 2.75) is 6.92 Å². The van der Waals surface area contributed by atoms with Crippen LogP contribution in [0.25, 0.3) is 10.9 Å². The van der Waals surface area contributed by atoms with Gasteiger partial charge in [0.05, 0.1) is 22.3 Å². The molecule has 0 amide bonds. The van der Waals surface area contributed by atoms with Gasteiger partial charge in [0, 0.05) is 23.3 Å². The summed E-state index contributed by atoms with van der Waals surface area (Å²) >= 11 is 3.18. The fraction of sp³-hybridized carbons (Fsp3) is 0.111. The number of hydrogen-bond donors (Lipinski definition) is 1. The lowest BCUT2D eigenvalue weighted by molar-refractivity contribution is 0.0527. The van der Waals surface area contributed by atoms with Crippen LogP contribution in [0.2, 0.25) is 0 Å². The number of pyridine rings is 1. The highest BCUT2D eigenvalue weighted by atomic mass is 79.9. The molecular formula is C18H14BrFN2O2. The first kappa shape index (κ1) is 16.4. The molecule has 0 aliphatic heterocycles. The second-order valence-electron chi connectivity index (χ2n) is 5.04. The van der Waals surface area contributed by atoms with E-state index < -0.39 is 11.8 Å². The number of ether oxygens (including phenoxy) is 1. The van der Waals surface area contributed by atoms with Crippen LogP contribution in [0.3, 0.4) is 0 Å². The standard InChI is InChI=1S/C18H14BrFN2O2/c1-2-24-18(23)13-10-21-16-9-15(20)14(19)8-12(16)17(13)22-11-6-4-3-5-7-11/h3-10H,2H2,1H3,(H,21,22). The number of nitrogens with one attached hydrogen (secondary N) is 1. The summed E-state index contributed by atoms with van der Waals surface area (Å²) in [6.45, 7) is 2.00. The third-order valence-corrected chi connectivity index (χ3v) is 4.06. The summed E-state index contributed by atoms with van der Waals surface area (Å²) in [6.07, 6.45) is 1.40. The minimum atomic E-state index is -0.481. The zero-order valence-electron chi connectivity index (χ0n) is 12.8. The monoisotopic (exact) mass is 388 g/mol. The van der Waals surface area contributed by atoms with Crippen molar-refractivity contribution in [2.24, 2.45) is 0 Å². The molecule has 1 N–H and O–H groups in total. The molecule has 3 aromatic rings. The maximum absolute atomic E-state index is 13.8. The van der Waals surface area contributed by atoms with Gasteiger partial charge in [-0.1, -0.05) is 18.2 Å². The van der Waals surface area contributed by atoms with Crippen molar-refractivity contribution in [3.8, 4) is 0 Å². The fourth-order valence-corrected chi connectivity index (χ4v) is 2.69. The van der Waals surface area contributed by atoms with Crippen LogP contribution in [0.4, 0.5) is 15.8 Å². The summed E-state index contributed by atoms with van der Waals surface area (Å²) in [5, 5.41) is 3.84. The van der Waals surface area contributed by atoms with E-state index in [2.05, 4.69) is 26.2 Å². The summed E-state index contributed by atoms with van der Waals surface area (Å²) in [4.78, 5) is 16.5. The summed E-state index contributed by atoms with van der Waals surface area (Å²) in [5.74, 6) is -0.893. The lowest BCUT2D eigenvalue weighted by Gasteiger charge is -2.14. The molecule has 0 aliphatic carbocycles. The van der Waals surface area contributed by atoms with E-state index in [1.165, 1.54) is 12.3 Å². The third-order valence-electron chi connectivity index (χ3n) is 3.45. The van der Waals surface area contributed by atoms with Crippen LogP contribution < -0.4 is 5.32 Å². The van der Waals surface area contributed by atoms with Crippen LogP contribution in [-0.2, 0) is 4.74 Å². The van der Waals surface area contributed by atoms with Crippen molar-refractivity contribution in [3.63, 3.8) is 0 Å². The minimum absolute atomic E-state index is 0.259. The molecule has 4 nitrogen and oxygen atoms in total. The van der Waals surface area contributed by atoms with Gasteiger partial charge in [0.25, 0.3) is 0 Å². The van der Waals surface area contributed by atoms with Crippen molar-refractivity contribution in [3.05, 3.63) is 64.5 Å². The molecule has 122 valence electrons. The molecular weight excluding hydrogens is 375 g/mol. The number of hydrogen-bond acceptors (Lipinski definition) is 4. The number of halogens is 2. The topological polar surface area (TPSA) is 51.2 Å². The lowest BCUT2D eigenvalue weighted by atomic mass is 10.1. The first-order valence-corrected chi connectivity index (χ1v) is 8.16. The van der Waals surface area contributed by atoms with E-state index in [9.17, 15) is 9.18 Å². The number of benzene rings is 2. The zero-order chi connectivity index (χ0) is 17.1. The van der Waals surface area contributed by atoms with Crippen LogP contribution in [0.1, 0.15) is 17.3 Å². The van der Waals surface area contributed by atoms with Gasteiger partial charge < -0.3 is 10.1 Å². The first-order valence-electron chi connectivity index (χ1n) is 7.37. The highest BCUT2D eigenvalue weighted by Crippen LogP contribution is 2.32. The normalized spacial score (nSPS) is 10.6. The maximum Gasteiger partial charge on any atom is 0.341 e. The number of carbonyl (C=O) groups is 1. The minimum Gasteiger partial charge on any atom is -0.462 e. The second-order valence-corrected chi connectivity index (χ2v) is 5.90. The Morgan fingerprint density at radius 1 is 1.29 bits per heavy atom. The summed E-state index contributed by atoms with van der Waals surface area (Å²) in [5.41, 5.74) is 2.08. The average molecular weight is 389 g/mol. The molecule has 0 spiro atoms. The zero-order valence-corrected chi connectivity index (χ0v) is 14.4. The van der Waals surface area contributed by atoms with E-state index in [0.717, 1.165) is 5.69 Å². The highest BCUT2D eigenvalue weighted by Gasteiger charge is 2.18. The molecule has 3 rings (SSSR count). The summed E-state index contributed by atoms with van der Waals surface area (Å²) < 4.78 is 19.2. The van der Waals surface area contributed by atoms with E-state index in [1.807, 2.05) is 30.3 Å². The van der Waals surface area contributed by atoms with Gasteiger partial charge in [0.1, 0.15) is 11.4 Å². The van der Waals surface area contributed by atoms with Crippen molar-refractivity contribution >= 4 is 44.2 Å². The molecule has 0 bridgehead atoms. The highest BCUT2D eigenvalue weighted by molar-refractivity contribution is 9.10. The van der Waals surface area contributed by atoms with E-state index in [-0.39, 0.29) is 6.61 Å². The number of nitrogens with zero attached hydrogens (tertiary/aromatic N) is 1. The maximum atomic E-state index is 13.8. The summed E-state index contributed by atoms with van der Waals surface area (Å²) in [7, 11) is 0. The lowest BCUT2D eigenvalue weighted by Crippen LogP contribution is -2.09. The van der Waals surface area contributed by atoms with E-state index in [1.54, 1.807) is 13.0 Å². The van der Waals surface area contributed by atoms with Crippen molar-refractivity contribution in [1.82, 2.24) is 4.98 Å². The van der Waals surface area contributed by atoms with E-state index in [0.29, 0.717) is 26.6 Å². The Kier molecular flexibility index (Phi) is 4.76. The number of carbonyl (C=O) groups excluding carboxylic acids is 1. The molecule has 2 aromatic carbocycles. The summed E-state index contributed by atoms with van der Waals surface area (Å²) in [6, 6.07) is 12.3. The Morgan fingerprint density at radius 2 is 2.04 bits per heavy atom. The van der Waals surface area contributed by atoms with Gasteiger partial charge in [0.15, 0.2) is 0 Å². The fourth-order valence-electron chi connectivity index (χ4n) is 2.35. The largest absolute Gasteiger partial charge is 0.462 e. The van der Waals surface area contributed by atoms with E-state index >= 15 is 0 Å². The molecule has 6 heteroatoms. The second kappa shape index (κ2) is 6.97. The molecule has 0 unspecified atom stereocenters. The number of rotatable bonds is 4. The van der Waals surface area contributed by atoms with Crippen molar-refractivity contribution in [2.75, 3.05) is 11.9 Å². The van der Waals surface area contributed by atoms with Crippen LogP contribution >= 0.6 is 15.9 Å². The van der Waals surface area contributed by atoms with Gasteiger partial charge >= 0.3 is 5.97 Å². The number of anilines is 2. The molecule has 0 radical (unpaired) electrons. The Hall–Kier alpha value is -2.47. The van der Waals surface area contributed by atoms with Gasteiger partial charge in [-0.3, -0.25) is 4.98 Å². The van der Waals surface area contributed by atoms with Crippen LogP contribution in [-0.4, -0.2) is 17.6 Å². The molecule has 0 saturated carbocycles. The first-order chi connectivity index (χ1) is 11.6. The molecule has 0 aliphatic rings. The Morgan fingerprint density at radius 3 is 2.75 bits per heavy atom. The molecule has 1 heterocycles. The van der Waals surface area contributed by atoms with E-state index in [4.69, 9.17) is 4.74 Å². The predicted molar refractivity (Wildman–Crippen MR) is 95.1 cm³/mol. The Bertz CT molecular complexity index is 900. The molecule has 0 atom stereocenters. The van der Waals surface area contributed by atoms with Gasteiger partial charge in [-0.15, -0.1) is 0 Å². The van der Waals surface area contributed by atoms with Gasteiger partial charge in [0.2, 0.25) is 0 Å². The van der Waals surface area contributed by atoms with Gasteiger partial charge in [-0.2, -0.15) is 0 Å². The molecule has 0 fully saturated rings. The third kappa shape index (κ3) is 3.23. The van der Waals surface area contributed by atoms with Gasteiger partial charge in [-0.05, 0) is 41.1 Å².